The molecule has 96 valence electrons. The van der Waals surface area contributed by atoms with Crippen molar-refractivity contribution in [1.82, 2.24) is 9.55 Å². The van der Waals surface area contributed by atoms with Crippen LogP contribution in [0.3, 0.4) is 0 Å². The van der Waals surface area contributed by atoms with E-state index in [1.807, 2.05) is 0 Å². The number of aromatic nitrogens is 2. The van der Waals surface area contributed by atoms with E-state index in [9.17, 15) is 9.18 Å². The van der Waals surface area contributed by atoms with Gasteiger partial charge in [0.25, 0.3) is 0 Å². The first-order chi connectivity index (χ1) is 7.61. The molecule has 0 unspecified atom stereocenters. The summed E-state index contributed by atoms with van der Waals surface area (Å²) in [5.41, 5.74) is 4.10. The van der Waals surface area contributed by atoms with Crippen molar-refractivity contribution in [3.05, 3.63) is 22.5 Å². The van der Waals surface area contributed by atoms with Crippen LogP contribution in [0.2, 0.25) is 0 Å². The summed E-state index contributed by atoms with van der Waals surface area (Å²) >= 11 is 1.35. The molecule has 0 radical (unpaired) electrons. The summed E-state index contributed by atoms with van der Waals surface area (Å²) in [6.45, 7) is -0.152. The number of halogens is 2. The minimum atomic E-state index is -0.763. The van der Waals surface area contributed by atoms with Crippen LogP contribution in [0.4, 0.5) is 10.2 Å². The van der Waals surface area contributed by atoms with Crippen molar-refractivity contribution >= 4 is 30.0 Å². The maximum absolute atomic E-state index is 13.1. The molecule has 0 amide bonds. The fraction of sp³-hybridized carbons (Fsp3) is 0.500. The van der Waals surface area contributed by atoms with Crippen LogP contribution in [-0.4, -0.2) is 32.5 Å². The van der Waals surface area contributed by atoms with Gasteiger partial charge in [-0.05, 0) is 0 Å². The van der Waals surface area contributed by atoms with E-state index in [-0.39, 0.29) is 19.0 Å². The standard InChI is InChI=1S/C8H10FN3O3S.ClH/c9-4-1-12(8(14)11-7(4)10)5-3-16-6(2-13)15-5;/h1,5-6,13H,2-3H2,(H2,10,11,14);1H/t5-,6+;/m1./s1. The molecule has 0 bridgehead atoms. The summed E-state index contributed by atoms with van der Waals surface area (Å²) < 4.78 is 19.5. The average molecular weight is 284 g/mol. The largest absolute Gasteiger partial charge is 0.393 e. The number of ether oxygens (including phenoxy) is 1. The van der Waals surface area contributed by atoms with Crippen LogP contribution in [0.15, 0.2) is 11.0 Å². The zero-order chi connectivity index (χ0) is 11.7. The molecule has 2 atom stereocenters. The zero-order valence-corrected chi connectivity index (χ0v) is 10.2. The van der Waals surface area contributed by atoms with Gasteiger partial charge in [-0.1, -0.05) is 0 Å². The van der Waals surface area contributed by atoms with E-state index in [4.69, 9.17) is 15.6 Å². The van der Waals surface area contributed by atoms with Gasteiger partial charge in [-0.15, -0.1) is 24.2 Å². The van der Waals surface area contributed by atoms with Crippen molar-refractivity contribution in [1.29, 1.82) is 0 Å². The summed E-state index contributed by atoms with van der Waals surface area (Å²) in [6, 6.07) is 0. The van der Waals surface area contributed by atoms with E-state index in [1.165, 1.54) is 11.8 Å². The van der Waals surface area contributed by atoms with Crippen molar-refractivity contribution in [3.63, 3.8) is 0 Å². The maximum Gasteiger partial charge on any atom is 0.351 e. The summed E-state index contributed by atoms with van der Waals surface area (Å²) in [7, 11) is 0. The molecule has 1 fully saturated rings. The minimum Gasteiger partial charge on any atom is -0.393 e. The molecule has 1 aromatic rings. The Morgan fingerprint density at radius 3 is 3.06 bits per heavy atom. The first-order valence-electron chi connectivity index (χ1n) is 4.54. The lowest BCUT2D eigenvalue weighted by Gasteiger charge is -2.13. The maximum atomic E-state index is 13.1. The van der Waals surface area contributed by atoms with E-state index >= 15 is 0 Å². The lowest BCUT2D eigenvalue weighted by Crippen LogP contribution is -2.29. The number of hydrogen-bond donors (Lipinski definition) is 2. The number of nitrogens with two attached hydrogens (primary N) is 1. The fourth-order valence-electron chi connectivity index (χ4n) is 1.35. The second-order valence-corrected chi connectivity index (χ2v) is 4.39. The minimum absolute atomic E-state index is 0. The topological polar surface area (TPSA) is 90.4 Å². The highest BCUT2D eigenvalue weighted by molar-refractivity contribution is 8.00. The van der Waals surface area contributed by atoms with Crippen LogP contribution in [0.5, 0.6) is 0 Å². The molecule has 1 aromatic heterocycles. The normalized spacial score (nSPS) is 23.4. The number of hydrogen-bond acceptors (Lipinski definition) is 6. The van der Waals surface area contributed by atoms with Gasteiger partial charge in [0.1, 0.15) is 11.7 Å². The van der Waals surface area contributed by atoms with Gasteiger partial charge in [0.15, 0.2) is 11.6 Å². The van der Waals surface area contributed by atoms with Crippen molar-refractivity contribution in [2.24, 2.45) is 0 Å². The summed E-state index contributed by atoms with van der Waals surface area (Å²) in [6.07, 6.45) is 0.354. The SMILES string of the molecule is Cl.Nc1nc(=O)n([C@H]2CS[C@@H](CO)O2)cc1F. The average Bonchev–Trinajstić information content (AvgIpc) is 2.71. The van der Waals surface area contributed by atoms with Crippen molar-refractivity contribution in [2.75, 3.05) is 18.1 Å². The van der Waals surface area contributed by atoms with E-state index in [0.29, 0.717) is 5.75 Å². The highest BCUT2D eigenvalue weighted by Gasteiger charge is 2.27. The van der Waals surface area contributed by atoms with Crippen LogP contribution in [0.1, 0.15) is 6.23 Å². The van der Waals surface area contributed by atoms with Crippen LogP contribution in [0.25, 0.3) is 0 Å². The van der Waals surface area contributed by atoms with Gasteiger partial charge >= 0.3 is 5.69 Å². The molecule has 1 aliphatic rings. The van der Waals surface area contributed by atoms with E-state index in [1.54, 1.807) is 0 Å². The number of aliphatic hydroxyl groups is 1. The number of aliphatic hydroxyl groups excluding tert-OH is 1. The van der Waals surface area contributed by atoms with E-state index < -0.39 is 29.0 Å². The van der Waals surface area contributed by atoms with Crippen molar-refractivity contribution < 1.29 is 14.2 Å². The predicted octanol–water partition coefficient (Wildman–Crippen LogP) is -0.0332. The summed E-state index contributed by atoms with van der Waals surface area (Å²) in [5.74, 6) is -0.734. The number of thioether (sulfide) groups is 1. The van der Waals surface area contributed by atoms with E-state index in [2.05, 4.69) is 4.98 Å². The Morgan fingerprint density at radius 2 is 2.47 bits per heavy atom. The Labute approximate surface area is 106 Å². The molecule has 2 rings (SSSR count). The van der Waals surface area contributed by atoms with Crippen LogP contribution >= 0.6 is 24.2 Å². The molecular formula is C8H11ClFN3O3S. The van der Waals surface area contributed by atoms with Gasteiger partial charge in [-0.25, -0.2) is 9.18 Å². The molecule has 17 heavy (non-hydrogen) atoms. The molecule has 0 spiro atoms. The van der Waals surface area contributed by atoms with Crippen LogP contribution in [-0.2, 0) is 4.74 Å². The highest BCUT2D eigenvalue weighted by Crippen LogP contribution is 2.30. The quantitative estimate of drug-likeness (QED) is 0.792. The van der Waals surface area contributed by atoms with Gasteiger partial charge < -0.3 is 15.6 Å². The first kappa shape index (κ1) is 14.2. The molecule has 6 nitrogen and oxygen atoms in total. The number of nitrogens with zero attached hydrogens (tertiary/aromatic N) is 2. The zero-order valence-electron chi connectivity index (χ0n) is 8.58. The second-order valence-electron chi connectivity index (χ2n) is 3.20. The third kappa shape index (κ3) is 2.89. The number of anilines is 1. The van der Waals surface area contributed by atoms with E-state index in [0.717, 1.165) is 10.8 Å². The first-order valence-corrected chi connectivity index (χ1v) is 5.58. The van der Waals surface area contributed by atoms with Gasteiger partial charge in [-0.3, -0.25) is 4.57 Å². The van der Waals surface area contributed by atoms with Gasteiger partial charge in [0.05, 0.1) is 12.8 Å². The Kier molecular flexibility index (Phi) is 4.75. The molecule has 0 saturated carbocycles. The molecule has 3 N–H and O–H groups in total. The fourth-order valence-corrected chi connectivity index (χ4v) is 2.28. The van der Waals surface area contributed by atoms with Gasteiger partial charge in [0.2, 0.25) is 0 Å². The van der Waals surface area contributed by atoms with Crippen molar-refractivity contribution in [2.45, 2.75) is 11.7 Å². The smallest absolute Gasteiger partial charge is 0.351 e. The third-order valence-corrected chi connectivity index (χ3v) is 3.24. The van der Waals surface area contributed by atoms with Crippen molar-refractivity contribution in [3.8, 4) is 0 Å². The summed E-state index contributed by atoms with van der Waals surface area (Å²) in [4.78, 5) is 14.8. The Hall–Kier alpha value is -0.830. The van der Waals surface area contributed by atoms with Crippen LogP contribution in [0, 0.1) is 5.82 Å². The van der Waals surface area contributed by atoms with Crippen LogP contribution < -0.4 is 11.4 Å². The van der Waals surface area contributed by atoms with Gasteiger partial charge in [0, 0.05) is 5.75 Å². The number of nitrogen functional groups attached to an aromatic ring is 1. The third-order valence-electron chi connectivity index (χ3n) is 2.13. The molecule has 1 saturated heterocycles. The summed E-state index contributed by atoms with van der Waals surface area (Å²) in [5, 5.41) is 8.86. The Bertz CT molecular complexity index is 458. The number of rotatable bonds is 2. The lowest BCUT2D eigenvalue weighted by atomic mass is 10.5. The molecule has 0 aromatic carbocycles. The molecule has 9 heteroatoms. The molecular weight excluding hydrogens is 273 g/mol. The predicted molar refractivity (Wildman–Crippen MR) is 63.6 cm³/mol. The monoisotopic (exact) mass is 283 g/mol. The Balaban J connectivity index is 0.00000144. The molecule has 0 aliphatic carbocycles. The van der Waals surface area contributed by atoms with Gasteiger partial charge in [-0.2, -0.15) is 4.98 Å². The molecule has 1 aliphatic heterocycles. The lowest BCUT2D eigenvalue weighted by molar-refractivity contribution is -0.00677. The molecule has 2 heterocycles. The Morgan fingerprint density at radius 1 is 1.76 bits per heavy atom. The second kappa shape index (κ2) is 5.67. The highest BCUT2D eigenvalue weighted by atomic mass is 35.5.